The fraction of sp³-hybridized carbons (Fsp3) is 0.588. The maximum atomic E-state index is 12.2. The van der Waals surface area contributed by atoms with E-state index < -0.39 is 0 Å². The zero-order valence-corrected chi connectivity index (χ0v) is 13.3. The zero-order chi connectivity index (χ0) is 14.8. The normalized spacial score (nSPS) is 23.4. The van der Waals surface area contributed by atoms with Gasteiger partial charge in [0.25, 0.3) is 5.91 Å². The predicted molar refractivity (Wildman–Crippen MR) is 84.5 cm³/mol. The van der Waals surface area contributed by atoms with E-state index in [1.165, 1.54) is 12.0 Å². The maximum absolute atomic E-state index is 12.2. The minimum Gasteiger partial charge on any atom is -0.348 e. The van der Waals surface area contributed by atoms with E-state index in [-0.39, 0.29) is 22.7 Å². The molecule has 1 fully saturated rings. The van der Waals surface area contributed by atoms with Crippen LogP contribution in [0.2, 0.25) is 0 Å². The summed E-state index contributed by atoms with van der Waals surface area (Å²) in [5, 5.41) is 3.14. The first-order valence-electron chi connectivity index (χ1n) is 7.43. The number of halogens is 1. The number of benzene rings is 1. The summed E-state index contributed by atoms with van der Waals surface area (Å²) < 4.78 is 0. The van der Waals surface area contributed by atoms with Crippen molar-refractivity contribution in [3.8, 4) is 0 Å². The van der Waals surface area contributed by atoms with Crippen molar-refractivity contribution in [3.63, 3.8) is 0 Å². The van der Waals surface area contributed by atoms with Gasteiger partial charge < -0.3 is 5.32 Å². The molecule has 0 heterocycles. The van der Waals surface area contributed by atoms with Crippen molar-refractivity contribution in [2.24, 2.45) is 0 Å². The van der Waals surface area contributed by atoms with Gasteiger partial charge in [0.15, 0.2) is 0 Å². The minimum absolute atomic E-state index is 0.0111. The fourth-order valence-corrected chi connectivity index (χ4v) is 2.96. The second kappa shape index (κ2) is 6.17. The Hall–Kier alpha value is -1.02. The van der Waals surface area contributed by atoms with Gasteiger partial charge >= 0.3 is 0 Å². The molecule has 1 aliphatic rings. The van der Waals surface area contributed by atoms with Gasteiger partial charge in [0.2, 0.25) is 0 Å². The average Bonchev–Trinajstić information content (AvgIpc) is 2.40. The molecule has 1 aromatic carbocycles. The lowest BCUT2D eigenvalue weighted by Gasteiger charge is -2.28. The Morgan fingerprint density at radius 3 is 2.30 bits per heavy atom. The zero-order valence-electron chi connectivity index (χ0n) is 12.6. The molecule has 2 atom stereocenters. The molecule has 0 bridgehead atoms. The van der Waals surface area contributed by atoms with Gasteiger partial charge in [0, 0.05) is 11.6 Å². The quantitative estimate of drug-likeness (QED) is 0.811. The van der Waals surface area contributed by atoms with Crippen LogP contribution in [0.1, 0.15) is 62.4 Å². The van der Waals surface area contributed by atoms with Crippen LogP contribution in [-0.4, -0.2) is 17.3 Å². The number of hydrogen-bond donors (Lipinski definition) is 1. The number of rotatable bonds is 2. The SMILES string of the molecule is CC(C)(C)c1ccc(C(=O)NC2CCCCC2Cl)cc1. The number of amides is 1. The van der Waals surface area contributed by atoms with Crippen molar-refractivity contribution in [2.75, 3.05) is 0 Å². The van der Waals surface area contributed by atoms with Crippen molar-refractivity contribution in [2.45, 2.75) is 63.3 Å². The Labute approximate surface area is 126 Å². The fourth-order valence-electron chi connectivity index (χ4n) is 2.62. The number of nitrogens with one attached hydrogen (secondary N) is 1. The molecule has 2 rings (SSSR count). The molecule has 0 radical (unpaired) electrons. The van der Waals surface area contributed by atoms with E-state index in [0.717, 1.165) is 19.3 Å². The highest BCUT2D eigenvalue weighted by Crippen LogP contribution is 2.24. The smallest absolute Gasteiger partial charge is 0.251 e. The Morgan fingerprint density at radius 1 is 1.15 bits per heavy atom. The summed E-state index contributed by atoms with van der Waals surface area (Å²) in [7, 11) is 0. The first kappa shape index (κ1) is 15.4. The van der Waals surface area contributed by atoms with Gasteiger partial charge in [-0.3, -0.25) is 4.79 Å². The number of hydrogen-bond acceptors (Lipinski definition) is 1. The molecule has 0 aromatic heterocycles. The summed E-state index contributed by atoms with van der Waals surface area (Å²) in [6, 6.07) is 7.99. The van der Waals surface area contributed by atoms with Crippen LogP contribution in [0.15, 0.2) is 24.3 Å². The van der Waals surface area contributed by atoms with Gasteiger partial charge in [-0.15, -0.1) is 11.6 Å². The third-order valence-electron chi connectivity index (χ3n) is 4.01. The minimum atomic E-state index is -0.0111. The molecule has 3 heteroatoms. The van der Waals surface area contributed by atoms with Crippen LogP contribution in [-0.2, 0) is 5.41 Å². The highest BCUT2D eigenvalue weighted by Gasteiger charge is 2.25. The molecule has 20 heavy (non-hydrogen) atoms. The molecule has 2 nitrogen and oxygen atoms in total. The molecule has 110 valence electrons. The summed E-state index contributed by atoms with van der Waals surface area (Å²) >= 11 is 6.28. The highest BCUT2D eigenvalue weighted by molar-refractivity contribution is 6.21. The molecule has 2 unspecified atom stereocenters. The Morgan fingerprint density at radius 2 is 1.75 bits per heavy atom. The van der Waals surface area contributed by atoms with Crippen LogP contribution >= 0.6 is 11.6 Å². The summed E-state index contributed by atoms with van der Waals surface area (Å²) in [5.74, 6) is -0.0111. The molecule has 1 N–H and O–H groups in total. The maximum Gasteiger partial charge on any atom is 0.251 e. The Bertz CT molecular complexity index is 461. The summed E-state index contributed by atoms with van der Waals surface area (Å²) in [5.41, 5.74) is 2.06. The molecular formula is C17H24ClNO. The van der Waals surface area contributed by atoms with Crippen LogP contribution < -0.4 is 5.32 Å². The Balaban J connectivity index is 2.02. The highest BCUT2D eigenvalue weighted by atomic mass is 35.5. The van der Waals surface area contributed by atoms with Crippen molar-refractivity contribution in [1.82, 2.24) is 5.32 Å². The van der Waals surface area contributed by atoms with Gasteiger partial charge in [-0.2, -0.15) is 0 Å². The lowest BCUT2D eigenvalue weighted by molar-refractivity contribution is 0.0928. The molecule has 0 aliphatic heterocycles. The largest absolute Gasteiger partial charge is 0.348 e. The lowest BCUT2D eigenvalue weighted by Crippen LogP contribution is -2.42. The third kappa shape index (κ3) is 3.76. The van der Waals surface area contributed by atoms with E-state index in [4.69, 9.17) is 11.6 Å². The summed E-state index contributed by atoms with van der Waals surface area (Å²) in [6.45, 7) is 6.51. The Kier molecular flexibility index (Phi) is 4.74. The summed E-state index contributed by atoms with van der Waals surface area (Å²) in [4.78, 5) is 12.2. The van der Waals surface area contributed by atoms with E-state index in [1.54, 1.807) is 0 Å². The van der Waals surface area contributed by atoms with Crippen molar-refractivity contribution in [1.29, 1.82) is 0 Å². The summed E-state index contributed by atoms with van der Waals surface area (Å²) in [6.07, 6.45) is 4.30. The van der Waals surface area contributed by atoms with Gasteiger partial charge in [0.05, 0.1) is 5.38 Å². The molecular weight excluding hydrogens is 270 g/mol. The van der Waals surface area contributed by atoms with Gasteiger partial charge in [0.1, 0.15) is 0 Å². The molecule has 1 amide bonds. The average molecular weight is 294 g/mol. The van der Waals surface area contributed by atoms with E-state index in [1.807, 2.05) is 24.3 Å². The topological polar surface area (TPSA) is 29.1 Å². The van der Waals surface area contributed by atoms with E-state index in [0.29, 0.717) is 5.56 Å². The van der Waals surface area contributed by atoms with Gasteiger partial charge in [-0.25, -0.2) is 0 Å². The molecule has 1 aliphatic carbocycles. The molecule has 1 saturated carbocycles. The predicted octanol–water partition coefficient (Wildman–Crippen LogP) is 4.26. The standard InChI is InChI=1S/C17H24ClNO/c1-17(2,3)13-10-8-12(9-11-13)16(20)19-15-7-5-4-6-14(15)18/h8-11,14-15H,4-7H2,1-3H3,(H,19,20). The first-order valence-corrected chi connectivity index (χ1v) is 7.87. The lowest BCUT2D eigenvalue weighted by atomic mass is 9.86. The number of carbonyl (C=O) groups excluding carboxylic acids is 1. The van der Waals surface area contributed by atoms with Crippen LogP contribution in [0, 0.1) is 0 Å². The monoisotopic (exact) mass is 293 g/mol. The number of carbonyl (C=O) groups is 1. The van der Waals surface area contributed by atoms with E-state index in [9.17, 15) is 4.79 Å². The first-order chi connectivity index (χ1) is 9.38. The van der Waals surface area contributed by atoms with Gasteiger partial charge in [-0.1, -0.05) is 45.7 Å². The van der Waals surface area contributed by atoms with E-state index >= 15 is 0 Å². The molecule has 0 spiro atoms. The van der Waals surface area contributed by atoms with Crippen LogP contribution in [0.25, 0.3) is 0 Å². The van der Waals surface area contributed by atoms with Crippen molar-refractivity contribution in [3.05, 3.63) is 35.4 Å². The second-order valence-electron chi connectivity index (χ2n) is 6.71. The van der Waals surface area contributed by atoms with E-state index in [2.05, 4.69) is 26.1 Å². The molecule has 1 aromatic rings. The van der Waals surface area contributed by atoms with Crippen LogP contribution in [0.3, 0.4) is 0 Å². The molecule has 0 saturated heterocycles. The van der Waals surface area contributed by atoms with Crippen LogP contribution in [0.5, 0.6) is 0 Å². The third-order valence-corrected chi connectivity index (χ3v) is 4.53. The van der Waals surface area contributed by atoms with Crippen molar-refractivity contribution >= 4 is 17.5 Å². The second-order valence-corrected chi connectivity index (χ2v) is 7.27. The van der Waals surface area contributed by atoms with Crippen LogP contribution in [0.4, 0.5) is 0 Å². The van der Waals surface area contributed by atoms with Crippen molar-refractivity contribution < 1.29 is 4.79 Å². The van der Waals surface area contributed by atoms with Gasteiger partial charge in [-0.05, 0) is 36.0 Å². The number of alkyl halides is 1.